The fourth-order valence-corrected chi connectivity index (χ4v) is 1.21. The molecule has 1 heterocycles. The first-order valence-electron chi connectivity index (χ1n) is 4.54. The number of hydrogen-bond acceptors (Lipinski definition) is 6. The van der Waals surface area contributed by atoms with Crippen LogP contribution in [-0.4, -0.2) is 64.8 Å². The van der Waals surface area contributed by atoms with Crippen molar-refractivity contribution in [2.45, 2.75) is 30.7 Å². The molecule has 0 spiro atoms. The Kier molecular flexibility index (Phi) is 3.09. The molecule has 0 amide bonds. The lowest BCUT2D eigenvalue weighted by Crippen LogP contribution is -2.58. The number of hydrogen-bond donors (Lipinski definition) is 4. The molecule has 1 aliphatic heterocycles. The van der Waals surface area contributed by atoms with E-state index in [1.807, 2.05) is 0 Å². The summed E-state index contributed by atoms with van der Waals surface area (Å²) in [5.41, 5.74) is 0. The zero-order valence-corrected chi connectivity index (χ0v) is 6.91. The van der Waals surface area contributed by atoms with E-state index in [0.29, 0.717) is 0 Å². The monoisotopic (exact) mass is 195 g/mol. The predicted molar refractivity (Wildman–Crippen MR) is 40.8 cm³/mol. The molecule has 1 unspecified atom stereocenters. The number of methoxy groups -OCH3 is 1. The smallest absolute Gasteiger partial charge is 0.186 e. The van der Waals surface area contributed by atoms with Crippen LogP contribution in [0.4, 0.5) is 0 Å². The SMILES string of the molecule is [2H]COC1O[C@H](CO)[C@@H](O)[C@H](O)[C@H]1O. The Morgan fingerprint density at radius 3 is 2.54 bits per heavy atom. The fourth-order valence-electron chi connectivity index (χ4n) is 1.21. The van der Waals surface area contributed by atoms with Crippen LogP contribution in [0.3, 0.4) is 0 Å². The minimum atomic E-state index is -1.45. The summed E-state index contributed by atoms with van der Waals surface area (Å²) in [5.74, 6) is 0. The average molecular weight is 195 g/mol. The number of rotatable bonds is 2. The first kappa shape index (κ1) is 9.32. The van der Waals surface area contributed by atoms with Crippen molar-refractivity contribution in [1.82, 2.24) is 0 Å². The van der Waals surface area contributed by atoms with E-state index in [4.69, 9.17) is 11.2 Å². The van der Waals surface area contributed by atoms with Crippen molar-refractivity contribution >= 4 is 0 Å². The van der Waals surface area contributed by atoms with Gasteiger partial charge in [0.25, 0.3) is 0 Å². The zero-order valence-electron chi connectivity index (χ0n) is 7.91. The van der Waals surface area contributed by atoms with E-state index in [2.05, 4.69) is 4.74 Å². The van der Waals surface area contributed by atoms with Gasteiger partial charge in [-0.25, -0.2) is 0 Å². The highest BCUT2D eigenvalue weighted by Crippen LogP contribution is 2.20. The molecule has 0 radical (unpaired) electrons. The minimum Gasteiger partial charge on any atom is -0.394 e. The number of aliphatic hydroxyl groups excluding tert-OH is 4. The van der Waals surface area contributed by atoms with E-state index in [-0.39, 0.29) is 0 Å². The van der Waals surface area contributed by atoms with Crippen LogP contribution in [0.25, 0.3) is 0 Å². The van der Waals surface area contributed by atoms with Gasteiger partial charge in [0.15, 0.2) is 6.29 Å². The average Bonchev–Trinajstić information content (AvgIpc) is 2.19. The number of ether oxygens (including phenoxy) is 2. The van der Waals surface area contributed by atoms with Crippen LogP contribution in [0.5, 0.6) is 0 Å². The zero-order chi connectivity index (χ0) is 10.7. The molecule has 1 fully saturated rings. The Balaban J connectivity index is 2.63. The first-order valence-corrected chi connectivity index (χ1v) is 3.83. The standard InChI is InChI=1S/C7H14O6/c1-12-7-6(11)5(10)4(9)3(2-8)13-7/h3-11H,2H2,1H3/t3-,4-,5+,6-,7?/m1/s1/i1D. The molecule has 0 aromatic heterocycles. The Labute approximate surface area is 76.7 Å². The van der Waals surface area contributed by atoms with Crippen molar-refractivity contribution in [2.75, 3.05) is 13.7 Å². The van der Waals surface area contributed by atoms with Crippen LogP contribution in [0, 0.1) is 0 Å². The van der Waals surface area contributed by atoms with Crippen molar-refractivity contribution in [3.63, 3.8) is 0 Å². The van der Waals surface area contributed by atoms with E-state index < -0.39 is 44.4 Å². The van der Waals surface area contributed by atoms with Crippen LogP contribution >= 0.6 is 0 Å². The van der Waals surface area contributed by atoms with Gasteiger partial charge in [-0.3, -0.25) is 0 Å². The molecule has 0 saturated carbocycles. The summed E-state index contributed by atoms with van der Waals surface area (Å²) in [6, 6.07) is 0. The summed E-state index contributed by atoms with van der Waals surface area (Å²) in [4.78, 5) is 0. The fraction of sp³-hybridized carbons (Fsp3) is 1.00. The quantitative estimate of drug-likeness (QED) is 0.386. The maximum Gasteiger partial charge on any atom is 0.186 e. The molecule has 1 rings (SSSR count). The molecule has 0 bridgehead atoms. The second-order valence-corrected chi connectivity index (χ2v) is 2.86. The molecule has 0 aliphatic carbocycles. The van der Waals surface area contributed by atoms with Gasteiger partial charge in [-0.15, -0.1) is 0 Å². The van der Waals surface area contributed by atoms with Crippen molar-refractivity contribution < 1.29 is 31.3 Å². The van der Waals surface area contributed by atoms with Gasteiger partial charge in [0.05, 0.1) is 7.98 Å². The van der Waals surface area contributed by atoms with Crippen LogP contribution in [0.1, 0.15) is 1.37 Å². The third-order valence-electron chi connectivity index (χ3n) is 2.01. The molecule has 5 atom stereocenters. The summed E-state index contributed by atoms with van der Waals surface area (Å²) in [7, 11) is -0.442. The molecule has 78 valence electrons. The van der Waals surface area contributed by atoms with Crippen LogP contribution in [-0.2, 0) is 9.47 Å². The summed E-state index contributed by atoms with van der Waals surface area (Å²) in [5, 5.41) is 36.7. The van der Waals surface area contributed by atoms with Gasteiger partial charge in [0.2, 0.25) is 0 Å². The molecular formula is C7H14O6. The van der Waals surface area contributed by atoms with Gasteiger partial charge < -0.3 is 29.9 Å². The van der Waals surface area contributed by atoms with Crippen molar-refractivity contribution in [3.8, 4) is 0 Å². The molecule has 1 aliphatic rings. The van der Waals surface area contributed by atoms with Crippen molar-refractivity contribution in [3.05, 3.63) is 0 Å². The topological polar surface area (TPSA) is 99.4 Å². The molecule has 0 aromatic rings. The maximum atomic E-state index is 9.33. The second kappa shape index (κ2) is 4.32. The predicted octanol–water partition coefficient (Wildman–Crippen LogP) is -2.57. The van der Waals surface area contributed by atoms with E-state index >= 15 is 0 Å². The lowest BCUT2D eigenvalue weighted by Gasteiger charge is -2.38. The number of aliphatic hydroxyl groups is 4. The van der Waals surface area contributed by atoms with E-state index in [9.17, 15) is 15.3 Å². The van der Waals surface area contributed by atoms with Gasteiger partial charge >= 0.3 is 0 Å². The lowest BCUT2D eigenvalue weighted by molar-refractivity contribution is -0.294. The summed E-state index contributed by atoms with van der Waals surface area (Å²) in [6.45, 7) is -0.497. The Hall–Kier alpha value is -0.240. The van der Waals surface area contributed by atoms with Crippen LogP contribution < -0.4 is 0 Å². The normalized spacial score (nSPS) is 47.4. The molecule has 13 heavy (non-hydrogen) atoms. The van der Waals surface area contributed by atoms with Crippen molar-refractivity contribution in [2.24, 2.45) is 0 Å². The highest BCUT2D eigenvalue weighted by Gasteiger charge is 2.43. The lowest BCUT2D eigenvalue weighted by atomic mass is 9.99. The Morgan fingerprint density at radius 1 is 1.31 bits per heavy atom. The molecule has 1 saturated heterocycles. The molecule has 6 nitrogen and oxygen atoms in total. The third-order valence-corrected chi connectivity index (χ3v) is 2.01. The summed E-state index contributed by atoms with van der Waals surface area (Å²) in [6.07, 6.45) is -6.43. The van der Waals surface area contributed by atoms with Gasteiger partial charge in [-0.2, -0.15) is 0 Å². The highest BCUT2D eigenvalue weighted by molar-refractivity contribution is 4.88. The van der Waals surface area contributed by atoms with E-state index in [1.54, 1.807) is 0 Å². The van der Waals surface area contributed by atoms with Gasteiger partial charge in [0.1, 0.15) is 24.4 Å². The van der Waals surface area contributed by atoms with Gasteiger partial charge in [-0.1, -0.05) is 0 Å². The van der Waals surface area contributed by atoms with Crippen LogP contribution in [0.2, 0.25) is 0 Å². The van der Waals surface area contributed by atoms with E-state index in [0.717, 1.165) is 0 Å². The molecular weight excluding hydrogens is 180 g/mol. The molecule has 4 N–H and O–H groups in total. The highest BCUT2D eigenvalue weighted by atomic mass is 16.7. The van der Waals surface area contributed by atoms with Gasteiger partial charge in [-0.05, 0) is 0 Å². The van der Waals surface area contributed by atoms with Gasteiger partial charge in [0, 0.05) is 7.09 Å². The molecule has 6 heteroatoms. The summed E-state index contributed by atoms with van der Waals surface area (Å²) >= 11 is 0. The Morgan fingerprint density at radius 2 is 2.00 bits per heavy atom. The second-order valence-electron chi connectivity index (χ2n) is 2.86. The minimum absolute atomic E-state index is 0.442. The Bertz CT molecular complexity index is 176. The van der Waals surface area contributed by atoms with Crippen LogP contribution in [0.15, 0.2) is 0 Å². The largest absolute Gasteiger partial charge is 0.394 e. The van der Waals surface area contributed by atoms with E-state index in [1.165, 1.54) is 0 Å². The molecule has 0 aromatic carbocycles. The van der Waals surface area contributed by atoms with Crippen molar-refractivity contribution in [1.29, 1.82) is 0 Å². The third kappa shape index (κ3) is 1.98. The summed E-state index contributed by atoms with van der Waals surface area (Å²) < 4.78 is 16.3. The first-order chi connectivity index (χ1) is 6.61. The maximum absolute atomic E-state index is 9.33.